The minimum Gasteiger partial charge on any atom is -0.392 e. The molecule has 20 heavy (non-hydrogen) atoms. The van der Waals surface area contributed by atoms with E-state index in [1.807, 2.05) is 0 Å². The van der Waals surface area contributed by atoms with Gasteiger partial charge in [0, 0.05) is 37.7 Å². The number of nitrogens with zero attached hydrogens (tertiary/aromatic N) is 2. The molecule has 110 valence electrons. The predicted octanol–water partition coefficient (Wildman–Crippen LogP) is 2.13. The summed E-state index contributed by atoms with van der Waals surface area (Å²) in [5.41, 5.74) is 0.486. The van der Waals surface area contributed by atoms with E-state index in [9.17, 15) is 9.90 Å². The Kier molecular flexibility index (Phi) is 5.27. The van der Waals surface area contributed by atoms with Crippen LogP contribution in [0.15, 0.2) is 18.2 Å². The number of aliphatic hydroxyl groups is 1. The lowest BCUT2D eigenvalue weighted by atomic mass is 10.1. The summed E-state index contributed by atoms with van der Waals surface area (Å²) in [5.74, 6) is -0.0663. The number of aliphatic hydroxyl groups excluding tert-OH is 1. The maximum atomic E-state index is 12.4. The van der Waals surface area contributed by atoms with Crippen molar-refractivity contribution in [1.29, 1.82) is 0 Å². The first-order valence-electron chi connectivity index (χ1n) is 6.62. The topological polar surface area (TPSA) is 43.8 Å². The zero-order valence-electron chi connectivity index (χ0n) is 11.4. The standard InChI is InChI=1S/C14H18Cl2N2O2/c1-10(19)9-17-4-6-18(7-5-17)14(20)12-3-2-11(15)8-13(12)16/h2-3,8,10,19H,4-7,9H2,1H3. The summed E-state index contributed by atoms with van der Waals surface area (Å²) in [6, 6.07) is 4.92. The largest absolute Gasteiger partial charge is 0.392 e. The Balaban J connectivity index is 1.98. The highest BCUT2D eigenvalue weighted by atomic mass is 35.5. The van der Waals surface area contributed by atoms with Crippen LogP contribution in [-0.2, 0) is 0 Å². The van der Waals surface area contributed by atoms with Crippen molar-refractivity contribution in [3.8, 4) is 0 Å². The van der Waals surface area contributed by atoms with Gasteiger partial charge < -0.3 is 10.0 Å². The molecule has 1 fully saturated rings. The van der Waals surface area contributed by atoms with Crippen LogP contribution in [0.25, 0.3) is 0 Å². The summed E-state index contributed by atoms with van der Waals surface area (Å²) in [4.78, 5) is 16.3. The molecule has 1 aromatic carbocycles. The monoisotopic (exact) mass is 316 g/mol. The molecule has 1 aliphatic rings. The van der Waals surface area contributed by atoms with Crippen LogP contribution in [0, 0.1) is 0 Å². The number of rotatable bonds is 3. The third-order valence-corrected chi connectivity index (χ3v) is 3.89. The van der Waals surface area contributed by atoms with Gasteiger partial charge in [-0.3, -0.25) is 9.69 Å². The molecule has 0 radical (unpaired) electrons. The Morgan fingerprint density at radius 3 is 2.50 bits per heavy atom. The fourth-order valence-electron chi connectivity index (χ4n) is 2.34. The van der Waals surface area contributed by atoms with E-state index in [2.05, 4.69) is 4.90 Å². The van der Waals surface area contributed by atoms with E-state index >= 15 is 0 Å². The van der Waals surface area contributed by atoms with Gasteiger partial charge in [0.25, 0.3) is 5.91 Å². The molecule has 2 rings (SSSR count). The molecule has 4 nitrogen and oxygen atoms in total. The quantitative estimate of drug-likeness (QED) is 0.929. The highest BCUT2D eigenvalue weighted by Crippen LogP contribution is 2.22. The van der Waals surface area contributed by atoms with Crippen molar-refractivity contribution in [1.82, 2.24) is 9.80 Å². The van der Waals surface area contributed by atoms with Crippen LogP contribution < -0.4 is 0 Å². The molecular formula is C14H18Cl2N2O2. The Morgan fingerprint density at radius 1 is 1.30 bits per heavy atom. The fraction of sp³-hybridized carbons (Fsp3) is 0.500. The lowest BCUT2D eigenvalue weighted by Gasteiger charge is -2.35. The van der Waals surface area contributed by atoms with Crippen molar-refractivity contribution in [2.45, 2.75) is 13.0 Å². The average Bonchev–Trinajstić information content (AvgIpc) is 2.38. The van der Waals surface area contributed by atoms with E-state index in [0.29, 0.717) is 35.2 Å². The van der Waals surface area contributed by atoms with Crippen LogP contribution in [0.5, 0.6) is 0 Å². The third kappa shape index (κ3) is 3.85. The lowest BCUT2D eigenvalue weighted by Crippen LogP contribution is -2.50. The fourth-order valence-corrected chi connectivity index (χ4v) is 2.83. The molecule has 6 heteroatoms. The first-order valence-corrected chi connectivity index (χ1v) is 7.37. The van der Waals surface area contributed by atoms with Crippen molar-refractivity contribution in [3.05, 3.63) is 33.8 Å². The molecule has 1 aliphatic heterocycles. The van der Waals surface area contributed by atoms with Crippen molar-refractivity contribution in [2.75, 3.05) is 32.7 Å². The normalized spacial score (nSPS) is 18.1. The number of hydrogen-bond donors (Lipinski definition) is 1. The maximum absolute atomic E-state index is 12.4. The molecule has 0 aromatic heterocycles. The van der Waals surface area contributed by atoms with Gasteiger partial charge in [-0.15, -0.1) is 0 Å². The van der Waals surface area contributed by atoms with Crippen LogP contribution in [0.2, 0.25) is 10.0 Å². The number of halogens is 2. The molecule has 1 N–H and O–H groups in total. The molecule has 1 unspecified atom stereocenters. The van der Waals surface area contributed by atoms with E-state index in [4.69, 9.17) is 23.2 Å². The van der Waals surface area contributed by atoms with Crippen molar-refractivity contribution >= 4 is 29.1 Å². The molecule has 0 bridgehead atoms. The number of carbonyl (C=O) groups is 1. The number of carbonyl (C=O) groups excluding carboxylic acids is 1. The van der Waals surface area contributed by atoms with E-state index in [-0.39, 0.29) is 12.0 Å². The van der Waals surface area contributed by atoms with Gasteiger partial charge in [-0.25, -0.2) is 0 Å². The highest BCUT2D eigenvalue weighted by Gasteiger charge is 2.23. The summed E-state index contributed by atoms with van der Waals surface area (Å²) in [5, 5.41) is 10.3. The van der Waals surface area contributed by atoms with Crippen LogP contribution in [0.3, 0.4) is 0 Å². The van der Waals surface area contributed by atoms with Gasteiger partial charge in [0.2, 0.25) is 0 Å². The second-order valence-corrected chi connectivity index (χ2v) is 5.91. The molecule has 0 spiro atoms. The molecule has 1 aromatic rings. The second-order valence-electron chi connectivity index (χ2n) is 5.07. The Labute approximate surface area is 128 Å². The molecule has 1 heterocycles. The first kappa shape index (κ1) is 15.6. The minimum atomic E-state index is -0.344. The molecule has 1 saturated heterocycles. The van der Waals surface area contributed by atoms with Crippen molar-refractivity contribution in [3.63, 3.8) is 0 Å². The Morgan fingerprint density at radius 2 is 1.95 bits per heavy atom. The number of benzene rings is 1. The second kappa shape index (κ2) is 6.76. The van der Waals surface area contributed by atoms with Gasteiger partial charge in [0.1, 0.15) is 0 Å². The summed E-state index contributed by atoms with van der Waals surface area (Å²) < 4.78 is 0. The summed E-state index contributed by atoms with van der Waals surface area (Å²) in [7, 11) is 0. The van der Waals surface area contributed by atoms with Gasteiger partial charge in [-0.05, 0) is 25.1 Å². The zero-order valence-corrected chi connectivity index (χ0v) is 12.9. The van der Waals surface area contributed by atoms with Crippen LogP contribution >= 0.6 is 23.2 Å². The van der Waals surface area contributed by atoms with Gasteiger partial charge >= 0.3 is 0 Å². The zero-order chi connectivity index (χ0) is 14.7. The summed E-state index contributed by atoms with van der Waals surface area (Å²) in [6.45, 7) is 5.23. The van der Waals surface area contributed by atoms with Crippen molar-refractivity contribution in [2.24, 2.45) is 0 Å². The Hall–Kier alpha value is -0.810. The van der Waals surface area contributed by atoms with E-state index in [1.165, 1.54) is 0 Å². The SMILES string of the molecule is CC(O)CN1CCN(C(=O)c2ccc(Cl)cc2Cl)CC1. The first-order chi connectivity index (χ1) is 9.47. The molecule has 0 aliphatic carbocycles. The Bertz CT molecular complexity index is 486. The number of amides is 1. The van der Waals surface area contributed by atoms with E-state index in [0.717, 1.165) is 13.1 Å². The third-order valence-electron chi connectivity index (χ3n) is 3.34. The maximum Gasteiger partial charge on any atom is 0.255 e. The molecular weight excluding hydrogens is 299 g/mol. The van der Waals surface area contributed by atoms with Crippen LogP contribution in [-0.4, -0.2) is 59.6 Å². The van der Waals surface area contributed by atoms with Crippen molar-refractivity contribution < 1.29 is 9.90 Å². The summed E-state index contributed by atoms with van der Waals surface area (Å²) in [6.07, 6.45) is -0.344. The molecule has 1 atom stereocenters. The highest BCUT2D eigenvalue weighted by molar-refractivity contribution is 6.36. The van der Waals surface area contributed by atoms with Gasteiger partial charge in [0.15, 0.2) is 0 Å². The predicted molar refractivity (Wildman–Crippen MR) is 80.5 cm³/mol. The minimum absolute atomic E-state index is 0.0663. The van der Waals surface area contributed by atoms with Crippen LogP contribution in [0.4, 0.5) is 0 Å². The average molecular weight is 317 g/mol. The molecule has 1 amide bonds. The summed E-state index contributed by atoms with van der Waals surface area (Å²) >= 11 is 11.9. The van der Waals surface area contributed by atoms with E-state index < -0.39 is 0 Å². The number of β-amino-alcohol motifs (C(OH)–C–C–N with tert-alkyl or cyclic N) is 1. The van der Waals surface area contributed by atoms with E-state index in [1.54, 1.807) is 30.0 Å². The van der Waals surface area contributed by atoms with Gasteiger partial charge in [0.05, 0.1) is 16.7 Å². The van der Waals surface area contributed by atoms with Crippen LogP contribution in [0.1, 0.15) is 17.3 Å². The number of piperazine rings is 1. The number of hydrogen-bond acceptors (Lipinski definition) is 3. The van der Waals surface area contributed by atoms with Gasteiger partial charge in [-0.2, -0.15) is 0 Å². The molecule has 0 saturated carbocycles. The van der Waals surface area contributed by atoms with Gasteiger partial charge in [-0.1, -0.05) is 23.2 Å². The smallest absolute Gasteiger partial charge is 0.255 e. The lowest BCUT2D eigenvalue weighted by molar-refractivity contribution is 0.0554.